The van der Waals surface area contributed by atoms with Crippen molar-refractivity contribution in [1.29, 1.82) is 0 Å². The summed E-state index contributed by atoms with van der Waals surface area (Å²) in [6, 6.07) is 27.1. The van der Waals surface area contributed by atoms with E-state index in [1.165, 1.54) is 29.6 Å². The van der Waals surface area contributed by atoms with Crippen molar-refractivity contribution in [3.05, 3.63) is 102 Å². The van der Waals surface area contributed by atoms with Crippen LogP contribution in [0.2, 0.25) is 5.02 Å². The molecular weight excluding hydrogens is 484 g/mol. The number of hydrogen-bond donors (Lipinski definition) is 1. The Morgan fingerprint density at radius 3 is 2.40 bits per heavy atom. The van der Waals surface area contributed by atoms with Crippen LogP contribution < -0.4 is 10.1 Å². The molecule has 0 saturated carbocycles. The monoisotopic (exact) mass is 508 g/mol. The van der Waals surface area contributed by atoms with Gasteiger partial charge in [0.1, 0.15) is 5.75 Å². The Morgan fingerprint density at radius 1 is 0.943 bits per heavy atom. The van der Waals surface area contributed by atoms with Crippen LogP contribution in [0.4, 0.5) is 5.69 Å². The number of benzene rings is 4. The van der Waals surface area contributed by atoms with Crippen molar-refractivity contribution in [2.75, 3.05) is 25.5 Å². The van der Waals surface area contributed by atoms with Crippen LogP contribution in [0.1, 0.15) is 5.56 Å². The number of sulfonamides is 1. The average Bonchev–Trinajstić information content (AvgIpc) is 2.87. The fourth-order valence-electron chi connectivity index (χ4n) is 3.82. The highest BCUT2D eigenvalue weighted by molar-refractivity contribution is 7.89. The van der Waals surface area contributed by atoms with Crippen LogP contribution in [0.5, 0.6) is 5.75 Å². The van der Waals surface area contributed by atoms with Crippen LogP contribution in [-0.4, -0.2) is 38.8 Å². The molecule has 0 aliphatic carbocycles. The number of hydrogen-bond acceptors (Lipinski definition) is 4. The molecule has 0 aromatic heterocycles. The van der Waals surface area contributed by atoms with Gasteiger partial charge in [0.2, 0.25) is 15.9 Å². The van der Waals surface area contributed by atoms with Gasteiger partial charge in [-0.15, -0.1) is 0 Å². The predicted molar refractivity (Wildman–Crippen MR) is 139 cm³/mol. The number of anilines is 1. The van der Waals surface area contributed by atoms with Gasteiger partial charge in [-0.05, 0) is 41.6 Å². The minimum atomic E-state index is -4.02. The number of nitrogens with one attached hydrogen (secondary N) is 1. The van der Waals surface area contributed by atoms with Crippen molar-refractivity contribution in [2.24, 2.45) is 0 Å². The molecule has 4 aromatic carbocycles. The molecule has 0 radical (unpaired) electrons. The highest BCUT2D eigenvalue weighted by atomic mass is 35.5. The van der Waals surface area contributed by atoms with Crippen LogP contribution in [0, 0.1) is 0 Å². The van der Waals surface area contributed by atoms with Crippen molar-refractivity contribution in [3.63, 3.8) is 0 Å². The Bertz CT molecular complexity index is 1440. The molecule has 4 rings (SSSR count). The molecule has 0 saturated heterocycles. The van der Waals surface area contributed by atoms with Crippen LogP contribution in [-0.2, 0) is 21.2 Å². The van der Waals surface area contributed by atoms with E-state index >= 15 is 0 Å². The summed E-state index contributed by atoms with van der Waals surface area (Å²) in [7, 11) is -2.56. The zero-order valence-corrected chi connectivity index (χ0v) is 20.7. The van der Waals surface area contributed by atoms with E-state index in [0.717, 1.165) is 16.3 Å². The first-order valence-corrected chi connectivity index (χ1v) is 12.9. The molecule has 0 bridgehead atoms. The number of fused-ring (bicyclic) bond motifs is 1. The maximum absolute atomic E-state index is 13.6. The SMILES string of the molecule is COc1ccc(S(=O)(=O)N(CCc2ccccc2)CC(=O)Nc2cccc3ccccc23)cc1Cl. The molecule has 35 heavy (non-hydrogen) atoms. The maximum Gasteiger partial charge on any atom is 0.243 e. The molecule has 0 heterocycles. The Kier molecular flexibility index (Phi) is 7.70. The third kappa shape index (κ3) is 5.82. The van der Waals surface area contributed by atoms with Crippen LogP contribution in [0.3, 0.4) is 0 Å². The molecular formula is C27H25ClN2O4S. The normalized spacial score (nSPS) is 11.5. The van der Waals surface area contributed by atoms with E-state index in [1.54, 1.807) is 6.07 Å². The van der Waals surface area contributed by atoms with Gasteiger partial charge in [0.05, 0.1) is 23.6 Å². The van der Waals surface area contributed by atoms with Gasteiger partial charge < -0.3 is 10.1 Å². The summed E-state index contributed by atoms with van der Waals surface area (Å²) >= 11 is 6.19. The van der Waals surface area contributed by atoms with Crippen molar-refractivity contribution >= 4 is 44.0 Å². The summed E-state index contributed by atoms with van der Waals surface area (Å²) in [6.07, 6.45) is 0.450. The van der Waals surface area contributed by atoms with Crippen molar-refractivity contribution in [3.8, 4) is 5.75 Å². The number of amides is 1. The fraction of sp³-hybridized carbons (Fsp3) is 0.148. The lowest BCUT2D eigenvalue weighted by atomic mass is 10.1. The van der Waals surface area contributed by atoms with E-state index in [4.69, 9.17) is 16.3 Å². The van der Waals surface area contributed by atoms with Gasteiger partial charge in [0, 0.05) is 17.6 Å². The molecule has 6 nitrogen and oxygen atoms in total. The summed E-state index contributed by atoms with van der Waals surface area (Å²) in [5, 5.41) is 4.91. The van der Waals surface area contributed by atoms with Crippen LogP contribution in [0.25, 0.3) is 10.8 Å². The Balaban J connectivity index is 1.60. The lowest BCUT2D eigenvalue weighted by molar-refractivity contribution is -0.116. The Morgan fingerprint density at radius 2 is 1.66 bits per heavy atom. The summed E-state index contributed by atoms with van der Waals surface area (Å²) in [6.45, 7) is -0.221. The summed E-state index contributed by atoms with van der Waals surface area (Å²) < 4.78 is 33.4. The molecule has 1 amide bonds. The Hall–Kier alpha value is -3.39. The predicted octanol–water partition coefficient (Wildman–Crippen LogP) is 5.37. The van der Waals surface area contributed by atoms with Crippen molar-refractivity contribution in [1.82, 2.24) is 4.31 Å². The first kappa shape index (κ1) is 24.7. The maximum atomic E-state index is 13.6. The second-order valence-electron chi connectivity index (χ2n) is 7.95. The lowest BCUT2D eigenvalue weighted by Crippen LogP contribution is -2.39. The molecule has 0 fully saturated rings. The fourth-order valence-corrected chi connectivity index (χ4v) is 5.57. The molecule has 0 atom stereocenters. The average molecular weight is 509 g/mol. The standard InChI is InChI=1S/C27H25ClN2O4S/c1-34-26-15-14-22(18-24(26)28)35(32,33)30(17-16-20-8-3-2-4-9-20)19-27(31)29-25-13-7-11-21-10-5-6-12-23(21)25/h2-15,18H,16-17,19H2,1H3,(H,29,31). The minimum Gasteiger partial charge on any atom is -0.495 e. The largest absolute Gasteiger partial charge is 0.495 e. The zero-order chi connectivity index (χ0) is 24.8. The summed E-state index contributed by atoms with van der Waals surface area (Å²) in [4.78, 5) is 13.1. The molecule has 0 unspecified atom stereocenters. The van der Waals surface area contributed by atoms with Crippen LogP contribution >= 0.6 is 11.6 Å². The smallest absolute Gasteiger partial charge is 0.243 e. The second-order valence-corrected chi connectivity index (χ2v) is 10.3. The first-order chi connectivity index (χ1) is 16.9. The number of carbonyl (C=O) groups is 1. The van der Waals surface area contributed by atoms with Crippen molar-refractivity contribution in [2.45, 2.75) is 11.3 Å². The highest BCUT2D eigenvalue weighted by Crippen LogP contribution is 2.29. The quantitative estimate of drug-likeness (QED) is 0.329. The van der Waals surface area contributed by atoms with E-state index in [-0.39, 0.29) is 23.0 Å². The van der Waals surface area contributed by atoms with Gasteiger partial charge in [0.15, 0.2) is 0 Å². The molecule has 0 spiro atoms. The van der Waals surface area contributed by atoms with E-state index in [2.05, 4.69) is 5.32 Å². The number of ether oxygens (including phenoxy) is 1. The molecule has 0 aliphatic rings. The molecule has 180 valence electrons. The molecule has 1 N–H and O–H groups in total. The summed E-state index contributed by atoms with van der Waals surface area (Å²) in [5.41, 5.74) is 1.59. The van der Waals surface area contributed by atoms with Crippen molar-refractivity contribution < 1.29 is 17.9 Å². The second kappa shape index (κ2) is 10.9. The topological polar surface area (TPSA) is 75.7 Å². The highest BCUT2D eigenvalue weighted by Gasteiger charge is 2.27. The van der Waals surface area contributed by atoms with E-state index in [9.17, 15) is 13.2 Å². The van der Waals surface area contributed by atoms with Gasteiger partial charge in [-0.1, -0.05) is 78.3 Å². The number of methoxy groups -OCH3 is 1. The lowest BCUT2D eigenvalue weighted by Gasteiger charge is -2.22. The Labute approximate surface area is 210 Å². The molecule has 4 aromatic rings. The van der Waals surface area contributed by atoms with E-state index in [0.29, 0.717) is 17.9 Å². The van der Waals surface area contributed by atoms with Gasteiger partial charge in [-0.2, -0.15) is 4.31 Å². The minimum absolute atomic E-state index is 0.00526. The zero-order valence-electron chi connectivity index (χ0n) is 19.1. The van der Waals surface area contributed by atoms with Gasteiger partial charge in [-0.25, -0.2) is 8.42 Å². The number of rotatable bonds is 9. The molecule has 0 aliphatic heterocycles. The van der Waals surface area contributed by atoms with Gasteiger partial charge in [-0.3, -0.25) is 4.79 Å². The first-order valence-electron chi connectivity index (χ1n) is 11.0. The van der Waals surface area contributed by atoms with Crippen LogP contribution in [0.15, 0.2) is 95.9 Å². The number of carbonyl (C=O) groups excluding carboxylic acids is 1. The van der Waals surface area contributed by atoms with E-state index in [1.807, 2.05) is 66.7 Å². The third-order valence-electron chi connectivity index (χ3n) is 5.64. The third-order valence-corrected chi connectivity index (χ3v) is 7.77. The van der Waals surface area contributed by atoms with Gasteiger partial charge >= 0.3 is 0 Å². The number of nitrogens with zero attached hydrogens (tertiary/aromatic N) is 1. The number of halogens is 1. The van der Waals surface area contributed by atoms with Gasteiger partial charge in [0.25, 0.3) is 0 Å². The molecule has 8 heteroatoms. The summed E-state index contributed by atoms with van der Waals surface area (Å²) in [5.74, 6) is -0.0623. The van der Waals surface area contributed by atoms with E-state index < -0.39 is 15.9 Å².